The summed E-state index contributed by atoms with van der Waals surface area (Å²) >= 11 is 0. The maximum absolute atomic E-state index is 5.83. The van der Waals surface area contributed by atoms with Gasteiger partial charge in [-0.2, -0.15) is 0 Å². The first-order valence-electron chi connectivity index (χ1n) is 6.00. The lowest BCUT2D eigenvalue weighted by Gasteiger charge is -2.32. The average Bonchev–Trinajstić information content (AvgIpc) is 2.58. The van der Waals surface area contributed by atoms with Gasteiger partial charge < -0.3 is 20.9 Å². The summed E-state index contributed by atoms with van der Waals surface area (Å²) in [4.78, 5) is 9.81. The molecule has 5 heteroatoms. The number of imidazole rings is 1. The highest BCUT2D eigenvalue weighted by molar-refractivity contribution is 5.57. The normalized spacial score (nSPS) is 22.2. The zero-order valence-corrected chi connectivity index (χ0v) is 10.1. The second kappa shape index (κ2) is 4.74. The number of hydrogen-bond donors (Lipinski definition) is 3. The van der Waals surface area contributed by atoms with E-state index in [1.165, 1.54) is 19.4 Å². The van der Waals surface area contributed by atoms with Crippen molar-refractivity contribution in [1.82, 2.24) is 14.9 Å². The van der Waals surface area contributed by atoms with Crippen molar-refractivity contribution in [1.29, 1.82) is 0 Å². The van der Waals surface area contributed by atoms with Crippen molar-refractivity contribution in [2.24, 2.45) is 0 Å². The van der Waals surface area contributed by atoms with Crippen molar-refractivity contribution in [2.75, 3.05) is 30.7 Å². The van der Waals surface area contributed by atoms with Gasteiger partial charge in [-0.15, -0.1) is 0 Å². The number of aromatic amines is 1. The third-order valence-electron chi connectivity index (χ3n) is 3.14. The molecule has 1 aromatic heterocycles. The first kappa shape index (κ1) is 11.3. The molecule has 4 N–H and O–H groups in total. The number of nitrogens with zero attached hydrogens (tertiary/aromatic N) is 2. The van der Waals surface area contributed by atoms with Crippen LogP contribution in [0.15, 0.2) is 0 Å². The Balaban J connectivity index is 1.96. The molecule has 90 valence electrons. The van der Waals surface area contributed by atoms with Gasteiger partial charge >= 0.3 is 0 Å². The standard InChI is InChI=1S/C11H21N5/c1-3-16-6-4-5-9(7-16)15-11-10(12)13-8(2)14-11/h9,15H,3-7,12H2,1-2H3,(H,13,14). The van der Waals surface area contributed by atoms with Crippen molar-refractivity contribution in [3.05, 3.63) is 5.82 Å². The topological polar surface area (TPSA) is 70.0 Å². The van der Waals surface area contributed by atoms with Gasteiger partial charge in [0.1, 0.15) is 11.6 Å². The molecule has 0 spiro atoms. The maximum atomic E-state index is 5.83. The molecule has 2 heterocycles. The fraction of sp³-hybridized carbons (Fsp3) is 0.727. The van der Waals surface area contributed by atoms with E-state index in [0.29, 0.717) is 11.9 Å². The predicted molar refractivity (Wildman–Crippen MR) is 66.5 cm³/mol. The first-order valence-corrected chi connectivity index (χ1v) is 6.00. The molecule has 0 radical (unpaired) electrons. The van der Waals surface area contributed by atoms with E-state index in [-0.39, 0.29) is 0 Å². The van der Waals surface area contributed by atoms with Gasteiger partial charge in [-0.05, 0) is 32.9 Å². The van der Waals surface area contributed by atoms with E-state index in [2.05, 4.69) is 27.1 Å². The summed E-state index contributed by atoms with van der Waals surface area (Å²) in [5.41, 5.74) is 5.83. The number of H-pyrrole nitrogens is 1. The Morgan fingerprint density at radius 3 is 3.06 bits per heavy atom. The Hall–Kier alpha value is -1.23. The van der Waals surface area contributed by atoms with Gasteiger partial charge in [0.25, 0.3) is 0 Å². The largest absolute Gasteiger partial charge is 0.382 e. The quantitative estimate of drug-likeness (QED) is 0.720. The molecule has 1 aromatic rings. The number of likely N-dealkylation sites (N-methyl/N-ethyl adjacent to an activating group) is 1. The van der Waals surface area contributed by atoms with E-state index in [0.717, 1.165) is 24.7 Å². The number of likely N-dealkylation sites (tertiary alicyclic amines) is 1. The number of rotatable bonds is 3. The third-order valence-corrected chi connectivity index (χ3v) is 3.14. The van der Waals surface area contributed by atoms with Crippen LogP contribution in [0.25, 0.3) is 0 Å². The summed E-state index contributed by atoms with van der Waals surface area (Å²) in [7, 11) is 0. The number of nitrogens with two attached hydrogens (primary N) is 1. The van der Waals surface area contributed by atoms with E-state index in [1.807, 2.05) is 6.92 Å². The van der Waals surface area contributed by atoms with Crippen molar-refractivity contribution >= 4 is 11.6 Å². The molecule has 1 aliphatic rings. The summed E-state index contributed by atoms with van der Waals surface area (Å²) in [6.45, 7) is 7.54. The second-order valence-electron chi connectivity index (χ2n) is 4.46. The van der Waals surface area contributed by atoms with Gasteiger partial charge in [0.05, 0.1) is 0 Å². The number of aromatic nitrogens is 2. The highest BCUT2D eigenvalue weighted by atomic mass is 15.2. The molecule has 0 saturated carbocycles. The molecule has 1 saturated heterocycles. The molecule has 1 atom stereocenters. The minimum atomic E-state index is 0.471. The zero-order chi connectivity index (χ0) is 11.5. The molecule has 0 amide bonds. The summed E-state index contributed by atoms with van der Waals surface area (Å²) in [5, 5.41) is 3.43. The molecule has 16 heavy (non-hydrogen) atoms. The van der Waals surface area contributed by atoms with E-state index in [9.17, 15) is 0 Å². The third kappa shape index (κ3) is 2.47. The highest BCUT2D eigenvalue weighted by Crippen LogP contribution is 2.19. The Kier molecular flexibility index (Phi) is 3.33. The molecular weight excluding hydrogens is 202 g/mol. The Labute approximate surface area is 96.4 Å². The molecule has 0 bridgehead atoms. The second-order valence-corrected chi connectivity index (χ2v) is 4.46. The van der Waals surface area contributed by atoms with Crippen molar-refractivity contribution in [3.63, 3.8) is 0 Å². The Morgan fingerprint density at radius 2 is 2.44 bits per heavy atom. The lowest BCUT2D eigenvalue weighted by atomic mass is 10.1. The SMILES string of the molecule is CCN1CCCC(Nc2nc(C)[nH]c2N)C1. The molecule has 0 aromatic carbocycles. The Morgan fingerprint density at radius 1 is 1.62 bits per heavy atom. The van der Waals surface area contributed by atoms with Crippen LogP contribution in [0.3, 0.4) is 0 Å². The maximum Gasteiger partial charge on any atom is 0.169 e. The zero-order valence-electron chi connectivity index (χ0n) is 10.1. The van der Waals surface area contributed by atoms with Crippen LogP contribution in [0.5, 0.6) is 0 Å². The average molecular weight is 223 g/mol. The fourth-order valence-electron chi connectivity index (χ4n) is 2.27. The molecule has 1 unspecified atom stereocenters. The van der Waals surface area contributed by atoms with Crippen LogP contribution >= 0.6 is 0 Å². The van der Waals surface area contributed by atoms with Crippen LogP contribution in [0.1, 0.15) is 25.6 Å². The molecular formula is C11H21N5. The summed E-state index contributed by atoms with van der Waals surface area (Å²) < 4.78 is 0. The van der Waals surface area contributed by atoms with Crippen LogP contribution in [0.4, 0.5) is 11.6 Å². The van der Waals surface area contributed by atoms with Crippen LogP contribution in [-0.2, 0) is 0 Å². The van der Waals surface area contributed by atoms with Gasteiger partial charge in [0, 0.05) is 12.6 Å². The molecule has 0 aliphatic carbocycles. The van der Waals surface area contributed by atoms with E-state index in [1.54, 1.807) is 0 Å². The van der Waals surface area contributed by atoms with Crippen molar-refractivity contribution in [2.45, 2.75) is 32.7 Å². The number of anilines is 2. The summed E-state index contributed by atoms with van der Waals surface area (Å²) in [5.74, 6) is 2.31. The number of aryl methyl sites for hydroxylation is 1. The van der Waals surface area contributed by atoms with Gasteiger partial charge in [-0.1, -0.05) is 6.92 Å². The molecule has 5 nitrogen and oxygen atoms in total. The van der Waals surface area contributed by atoms with Crippen LogP contribution in [-0.4, -0.2) is 40.5 Å². The predicted octanol–water partition coefficient (Wildman–Crippen LogP) is 1.20. The van der Waals surface area contributed by atoms with Gasteiger partial charge in [0.2, 0.25) is 0 Å². The van der Waals surface area contributed by atoms with Crippen LogP contribution in [0, 0.1) is 6.92 Å². The van der Waals surface area contributed by atoms with E-state index in [4.69, 9.17) is 5.73 Å². The number of nitrogen functional groups attached to an aromatic ring is 1. The van der Waals surface area contributed by atoms with Crippen LogP contribution in [0.2, 0.25) is 0 Å². The van der Waals surface area contributed by atoms with Gasteiger partial charge in [-0.3, -0.25) is 0 Å². The lowest BCUT2D eigenvalue weighted by Crippen LogP contribution is -2.42. The Bertz CT molecular complexity index is 346. The number of nitrogens with one attached hydrogen (secondary N) is 2. The smallest absolute Gasteiger partial charge is 0.169 e. The lowest BCUT2D eigenvalue weighted by molar-refractivity contribution is 0.226. The van der Waals surface area contributed by atoms with Crippen molar-refractivity contribution in [3.8, 4) is 0 Å². The summed E-state index contributed by atoms with van der Waals surface area (Å²) in [6, 6.07) is 0.471. The molecule has 1 aliphatic heterocycles. The first-order chi connectivity index (χ1) is 7.69. The monoisotopic (exact) mass is 223 g/mol. The molecule has 1 fully saturated rings. The van der Waals surface area contributed by atoms with Crippen LogP contribution < -0.4 is 11.1 Å². The van der Waals surface area contributed by atoms with E-state index >= 15 is 0 Å². The number of piperidine rings is 1. The van der Waals surface area contributed by atoms with Crippen molar-refractivity contribution < 1.29 is 0 Å². The minimum absolute atomic E-state index is 0.471. The molecule has 2 rings (SSSR count). The van der Waals surface area contributed by atoms with Gasteiger partial charge in [0.15, 0.2) is 5.82 Å². The number of hydrogen-bond acceptors (Lipinski definition) is 4. The highest BCUT2D eigenvalue weighted by Gasteiger charge is 2.19. The minimum Gasteiger partial charge on any atom is -0.382 e. The van der Waals surface area contributed by atoms with E-state index < -0.39 is 0 Å². The van der Waals surface area contributed by atoms with Gasteiger partial charge in [-0.25, -0.2) is 4.98 Å². The fourth-order valence-corrected chi connectivity index (χ4v) is 2.27. The summed E-state index contributed by atoms with van der Waals surface area (Å²) in [6.07, 6.45) is 2.44.